The normalized spacial score (nSPS) is 15.8. The fourth-order valence-electron chi connectivity index (χ4n) is 3.95. The van der Waals surface area contributed by atoms with Crippen LogP contribution in [0.1, 0.15) is 51.8 Å². The smallest absolute Gasteiger partial charge is 0.316 e. The summed E-state index contributed by atoms with van der Waals surface area (Å²) >= 11 is 7.11. The third-order valence-electron chi connectivity index (χ3n) is 5.73. The van der Waals surface area contributed by atoms with E-state index in [1.807, 2.05) is 11.8 Å². The van der Waals surface area contributed by atoms with Crippen LogP contribution in [-0.4, -0.2) is 51.5 Å². The van der Waals surface area contributed by atoms with Crippen LogP contribution in [0.3, 0.4) is 0 Å². The van der Waals surface area contributed by atoms with Crippen molar-refractivity contribution >= 4 is 28.8 Å². The van der Waals surface area contributed by atoms with E-state index < -0.39 is 24.2 Å². The molecule has 1 aliphatic rings. The fourth-order valence-corrected chi connectivity index (χ4v) is 5.13. The van der Waals surface area contributed by atoms with Gasteiger partial charge < -0.3 is 10.1 Å². The van der Waals surface area contributed by atoms with Gasteiger partial charge in [0.2, 0.25) is 0 Å². The Labute approximate surface area is 209 Å². The maximum absolute atomic E-state index is 14.2. The number of thiazole rings is 1. The zero-order valence-corrected chi connectivity index (χ0v) is 20.3. The standard InChI is InChI=1S/C23H23ClF3N5O2S/c1-13-9-29-23(30-10-13)34-14-5-7-32(8-6-14)17(20-19(21(26)27)31-12-35-20)11-28-22(33)18-15(24)3-2-4-16(18)25/h2-4,9-10,12,14,17,21H,5-8,11H2,1H3,(H,28,33). The predicted octanol–water partition coefficient (Wildman–Crippen LogP) is 4.99. The van der Waals surface area contributed by atoms with Crippen molar-refractivity contribution in [3.63, 3.8) is 0 Å². The van der Waals surface area contributed by atoms with Gasteiger partial charge in [0.25, 0.3) is 12.3 Å². The van der Waals surface area contributed by atoms with Crippen molar-refractivity contribution in [2.75, 3.05) is 19.6 Å². The van der Waals surface area contributed by atoms with Crippen LogP contribution in [0.5, 0.6) is 6.01 Å². The molecular weight excluding hydrogens is 503 g/mol. The number of nitrogens with zero attached hydrogens (tertiary/aromatic N) is 4. The molecule has 3 heterocycles. The number of likely N-dealkylation sites (tertiary alicyclic amines) is 1. The number of halogens is 4. The zero-order valence-electron chi connectivity index (χ0n) is 18.8. The summed E-state index contributed by atoms with van der Waals surface area (Å²) in [6.45, 7) is 2.92. The lowest BCUT2D eigenvalue weighted by Crippen LogP contribution is -2.44. The molecule has 35 heavy (non-hydrogen) atoms. The number of nitrogens with one attached hydrogen (secondary N) is 1. The molecule has 2 aromatic heterocycles. The van der Waals surface area contributed by atoms with Crippen LogP contribution in [-0.2, 0) is 0 Å². The number of ether oxygens (including phenoxy) is 1. The molecule has 7 nitrogen and oxygen atoms in total. The minimum Gasteiger partial charge on any atom is -0.460 e. The lowest BCUT2D eigenvalue weighted by molar-refractivity contribution is 0.0656. The summed E-state index contributed by atoms with van der Waals surface area (Å²) in [6, 6.07) is 3.67. The molecule has 0 spiro atoms. The molecule has 1 saturated heterocycles. The van der Waals surface area contributed by atoms with Gasteiger partial charge in [0.1, 0.15) is 17.6 Å². The van der Waals surface area contributed by atoms with Crippen molar-refractivity contribution in [3.8, 4) is 6.01 Å². The molecule has 186 valence electrons. The number of aromatic nitrogens is 3. The van der Waals surface area contributed by atoms with Crippen molar-refractivity contribution in [3.05, 3.63) is 68.6 Å². The molecule has 1 aliphatic heterocycles. The van der Waals surface area contributed by atoms with Gasteiger partial charge in [-0.15, -0.1) is 11.3 Å². The van der Waals surface area contributed by atoms with Crippen LogP contribution in [0.4, 0.5) is 13.2 Å². The molecule has 0 bridgehead atoms. The van der Waals surface area contributed by atoms with Crippen LogP contribution in [0.15, 0.2) is 36.1 Å². The van der Waals surface area contributed by atoms with Crippen LogP contribution in [0.2, 0.25) is 5.02 Å². The number of benzene rings is 1. The van der Waals surface area contributed by atoms with E-state index in [9.17, 15) is 18.0 Å². The van der Waals surface area contributed by atoms with Gasteiger partial charge in [-0.05, 0) is 37.5 Å². The topological polar surface area (TPSA) is 80.2 Å². The van der Waals surface area contributed by atoms with Gasteiger partial charge in [0.15, 0.2) is 0 Å². The van der Waals surface area contributed by atoms with Crippen molar-refractivity contribution in [2.45, 2.75) is 38.3 Å². The molecule has 12 heteroatoms. The number of carbonyl (C=O) groups excluding carboxylic acids is 1. The summed E-state index contributed by atoms with van der Waals surface area (Å²) in [5.41, 5.74) is 1.69. The molecular formula is C23H23ClF3N5O2S. The number of aryl methyl sites for hydroxylation is 1. The molecule has 0 radical (unpaired) electrons. The van der Waals surface area contributed by atoms with Crippen LogP contribution < -0.4 is 10.1 Å². The lowest BCUT2D eigenvalue weighted by atomic mass is 10.0. The van der Waals surface area contributed by atoms with Crippen LogP contribution in [0, 0.1) is 12.7 Å². The molecule has 1 aromatic carbocycles. The zero-order chi connectivity index (χ0) is 24.9. The number of hydrogen-bond acceptors (Lipinski definition) is 7. The average molecular weight is 526 g/mol. The van der Waals surface area contributed by atoms with Gasteiger partial charge in [-0.2, -0.15) is 0 Å². The van der Waals surface area contributed by atoms with Crippen molar-refractivity contribution in [2.24, 2.45) is 0 Å². The molecule has 0 saturated carbocycles. The lowest BCUT2D eigenvalue weighted by Gasteiger charge is -2.37. The minimum atomic E-state index is -2.75. The molecule has 1 amide bonds. The maximum atomic E-state index is 14.2. The molecule has 4 rings (SSSR count). The summed E-state index contributed by atoms with van der Waals surface area (Å²) in [6.07, 6.45) is 1.70. The Morgan fingerprint density at radius 1 is 1.26 bits per heavy atom. The van der Waals surface area contributed by atoms with Crippen molar-refractivity contribution in [1.29, 1.82) is 0 Å². The second-order valence-corrected chi connectivity index (χ2v) is 9.41. The first-order valence-corrected chi connectivity index (χ1v) is 12.2. The largest absolute Gasteiger partial charge is 0.460 e. The van der Waals surface area contributed by atoms with Gasteiger partial charge in [-0.3, -0.25) is 9.69 Å². The minimum absolute atomic E-state index is 0.0159. The Kier molecular flexibility index (Phi) is 8.19. The van der Waals surface area contributed by atoms with Crippen LogP contribution >= 0.6 is 22.9 Å². The molecule has 1 unspecified atom stereocenters. The van der Waals surface area contributed by atoms with E-state index in [1.165, 1.54) is 17.6 Å². The van der Waals surface area contributed by atoms with E-state index in [0.29, 0.717) is 36.8 Å². The highest BCUT2D eigenvalue weighted by atomic mass is 35.5. The van der Waals surface area contributed by atoms with Crippen molar-refractivity contribution < 1.29 is 22.7 Å². The number of carbonyl (C=O) groups is 1. The Balaban J connectivity index is 1.47. The molecule has 1 fully saturated rings. The SMILES string of the molecule is Cc1cnc(OC2CCN(C(CNC(=O)c3c(F)cccc3Cl)c3scnc3C(F)F)CC2)nc1. The quantitative estimate of drug-likeness (QED) is 0.446. The molecule has 1 N–H and O–H groups in total. The van der Waals surface area contributed by atoms with E-state index in [2.05, 4.69) is 20.3 Å². The third-order valence-corrected chi connectivity index (χ3v) is 6.99. The molecule has 1 atom stereocenters. The number of piperidine rings is 1. The van der Waals surface area contributed by atoms with Crippen LogP contribution in [0.25, 0.3) is 0 Å². The van der Waals surface area contributed by atoms with E-state index in [0.717, 1.165) is 23.0 Å². The highest BCUT2D eigenvalue weighted by Gasteiger charge is 2.32. The number of alkyl halides is 2. The van der Waals surface area contributed by atoms with E-state index in [-0.39, 0.29) is 28.9 Å². The summed E-state index contributed by atoms with van der Waals surface area (Å²) in [5.74, 6) is -1.47. The van der Waals surface area contributed by atoms with Crippen molar-refractivity contribution in [1.82, 2.24) is 25.2 Å². The van der Waals surface area contributed by atoms with Gasteiger partial charge in [-0.1, -0.05) is 17.7 Å². The van der Waals surface area contributed by atoms with Gasteiger partial charge in [-0.25, -0.2) is 28.1 Å². The Morgan fingerprint density at radius 3 is 2.63 bits per heavy atom. The highest BCUT2D eigenvalue weighted by molar-refractivity contribution is 7.09. The highest BCUT2D eigenvalue weighted by Crippen LogP contribution is 2.34. The second-order valence-electron chi connectivity index (χ2n) is 8.12. The van der Waals surface area contributed by atoms with Gasteiger partial charge >= 0.3 is 6.01 Å². The summed E-state index contributed by atoms with van der Waals surface area (Å²) < 4.78 is 47.3. The number of amides is 1. The maximum Gasteiger partial charge on any atom is 0.316 e. The first kappa shape index (κ1) is 25.3. The Bertz CT molecular complexity index is 1140. The molecule has 3 aromatic rings. The Morgan fingerprint density at radius 2 is 1.97 bits per heavy atom. The molecule has 0 aliphatic carbocycles. The van der Waals surface area contributed by atoms with E-state index >= 15 is 0 Å². The van der Waals surface area contributed by atoms with E-state index in [4.69, 9.17) is 16.3 Å². The third kappa shape index (κ3) is 6.09. The number of rotatable bonds is 8. The summed E-state index contributed by atoms with van der Waals surface area (Å²) in [7, 11) is 0. The van der Waals surface area contributed by atoms with Gasteiger partial charge in [0.05, 0.1) is 27.0 Å². The predicted molar refractivity (Wildman–Crippen MR) is 126 cm³/mol. The summed E-state index contributed by atoms with van der Waals surface area (Å²) in [4.78, 5) is 27.2. The first-order valence-electron chi connectivity index (χ1n) is 11.0. The summed E-state index contributed by atoms with van der Waals surface area (Å²) in [5, 5.41) is 2.64. The Hall–Kier alpha value is -2.76. The second kappa shape index (κ2) is 11.3. The fraction of sp³-hybridized carbons (Fsp3) is 0.391. The monoisotopic (exact) mass is 525 g/mol. The number of hydrogen-bond donors (Lipinski definition) is 1. The average Bonchev–Trinajstić information content (AvgIpc) is 3.32. The first-order chi connectivity index (χ1) is 16.8. The van der Waals surface area contributed by atoms with E-state index in [1.54, 1.807) is 12.4 Å². The van der Waals surface area contributed by atoms with Gasteiger partial charge in [0, 0.05) is 32.0 Å².